The first-order valence-electron chi connectivity index (χ1n) is 11.8. The molecule has 8 nitrogen and oxygen atoms in total. The van der Waals surface area contributed by atoms with Crippen molar-refractivity contribution >= 4 is 46.5 Å². The topological polar surface area (TPSA) is 98.4 Å². The molecule has 37 heavy (non-hydrogen) atoms. The van der Waals surface area contributed by atoms with E-state index in [1.54, 1.807) is 65.6 Å². The second-order valence-corrected chi connectivity index (χ2v) is 9.02. The maximum absolute atomic E-state index is 13.0. The zero-order chi connectivity index (χ0) is 26.4. The number of hydrogen-bond acceptors (Lipinski definition) is 8. The van der Waals surface area contributed by atoms with Crippen LogP contribution in [0.5, 0.6) is 0 Å². The van der Waals surface area contributed by atoms with Gasteiger partial charge in [-0.2, -0.15) is 0 Å². The van der Waals surface area contributed by atoms with Crippen LogP contribution in [-0.2, 0) is 14.3 Å². The van der Waals surface area contributed by atoms with Crippen LogP contribution < -0.4 is 0 Å². The van der Waals surface area contributed by atoms with E-state index in [1.165, 1.54) is 18.9 Å². The van der Waals surface area contributed by atoms with E-state index >= 15 is 0 Å². The SMILES string of the molecule is CCCOC(=O)c1ccc(-c2ccc(C=C3SC(=Nc4cccc(C(=O)OC)c4)N(CC)C3=O)o2)cc1. The number of amides is 1. The Labute approximate surface area is 219 Å². The van der Waals surface area contributed by atoms with Gasteiger partial charge >= 0.3 is 11.9 Å². The number of hydrogen-bond donors (Lipinski definition) is 0. The normalized spacial score (nSPS) is 15.4. The number of thioether (sulfide) groups is 1. The molecule has 0 saturated carbocycles. The van der Waals surface area contributed by atoms with Gasteiger partial charge in [-0.15, -0.1) is 0 Å². The van der Waals surface area contributed by atoms with Crippen molar-refractivity contribution in [3.63, 3.8) is 0 Å². The fourth-order valence-corrected chi connectivity index (χ4v) is 4.61. The summed E-state index contributed by atoms with van der Waals surface area (Å²) in [6, 6.07) is 17.3. The number of methoxy groups -OCH3 is 1. The third kappa shape index (κ3) is 6.00. The molecule has 9 heteroatoms. The number of nitrogens with zero attached hydrogens (tertiary/aromatic N) is 2. The molecule has 0 bridgehead atoms. The molecule has 1 amide bonds. The minimum Gasteiger partial charge on any atom is -0.465 e. The largest absolute Gasteiger partial charge is 0.465 e. The van der Waals surface area contributed by atoms with Crippen molar-refractivity contribution in [3.8, 4) is 11.3 Å². The Morgan fingerprint density at radius 1 is 1.03 bits per heavy atom. The van der Waals surface area contributed by atoms with Gasteiger partial charge in [0.2, 0.25) is 0 Å². The summed E-state index contributed by atoms with van der Waals surface area (Å²) in [6.07, 6.45) is 2.45. The van der Waals surface area contributed by atoms with E-state index in [4.69, 9.17) is 13.9 Å². The lowest BCUT2D eigenvalue weighted by Crippen LogP contribution is -2.28. The fraction of sp³-hybridized carbons (Fsp3) is 0.214. The predicted octanol–water partition coefficient (Wildman–Crippen LogP) is 5.92. The number of ether oxygens (including phenoxy) is 2. The average molecular weight is 519 g/mol. The molecule has 1 saturated heterocycles. The lowest BCUT2D eigenvalue weighted by Gasteiger charge is -2.12. The zero-order valence-electron chi connectivity index (χ0n) is 20.7. The molecule has 1 aliphatic rings. The van der Waals surface area contributed by atoms with E-state index in [2.05, 4.69) is 4.99 Å². The van der Waals surface area contributed by atoms with Gasteiger partial charge < -0.3 is 13.9 Å². The van der Waals surface area contributed by atoms with Crippen LogP contribution in [0, 0.1) is 0 Å². The van der Waals surface area contributed by atoms with Gasteiger partial charge in [0.25, 0.3) is 5.91 Å². The van der Waals surface area contributed by atoms with E-state index in [0.29, 0.717) is 51.6 Å². The fourth-order valence-electron chi connectivity index (χ4n) is 3.56. The minimum atomic E-state index is -0.454. The van der Waals surface area contributed by atoms with Crippen LogP contribution in [0.3, 0.4) is 0 Å². The van der Waals surface area contributed by atoms with Crippen molar-refractivity contribution in [3.05, 3.63) is 82.5 Å². The summed E-state index contributed by atoms with van der Waals surface area (Å²) < 4.78 is 15.9. The highest BCUT2D eigenvalue weighted by atomic mass is 32.2. The van der Waals surface area contributed by atoms with Crippen LogP contribution in [0.25, 0.3) is 17.4 Å². The van der Waals surface area contributed by atoms with Crippen molar-refractivity contribution in [1.82, 2.24) is 4.90 Å². The molecule has 1 aliphatic heterocycles. The molecular formula is C28H26N2O6S. The van der Waals surface area contributed by atoms with Gasteiger partial charge in [0, 0.05) is 18.2 Å². The summed E-state index contributed by atoms with van der Waals surface area (Å²) in [7, 11) is 1.32. The Kier molecular flexibility index (Phi) is 8.25. The monoisotopic (exact) mass is 518 g/mol. The van der Waals surface area contributed by atoms with E-state index in [9.17, 15) is 14.4 Å². The number of carbonyl (C=O) groups excluding carboxylic acids is 3. The van der Waals surface area contributed by atoms with E-state index in [-0.39, 0.29) is 11.9 Å². The first-order valence-corrected chi connectivity index (χ1v) is 12.6. The van der Waals surface area contributed by atoms with E-state index < -0.39 is 5.97 Å². The number of furan rings is 1. The third-order valence-electron chi connectivity index (χ3n) is 5.44. The summed E-state index contributed by atoms with van der Waals surface area (Å²) >= 11 is 1.24. The van der Waals surface area contributed by atoms with Crippen LogP contribution in [0.4, 0.5) is 5.69 Å². The highest BCUT2D eigenvalue weighted by Crippen LogP contribution is 2.35. The molecule has 0 aliphatic carbocycles. The second kappa shape index (κ2) is 11.7. The molecule has 190 valence electrons. The molecule has 2 heterocycles. The number of carbonyl (C=O) groups is 3. The Hall–Kier alpha value is -4.11. The summed E-state index contributed by atoms with van der Waals surface area (Å²) in [5, 5.41) is 0.512. The number of aliphatic imine (C=N–C) groups is 1. The highest BCUT2D eigenvalue weighted by molar-refractivity contribution is 8.18. The van der Waals surface area contributed by atoms with Gasteiger partial charge in [0.1, 0.15) is 11.5 Å². The summed E-state index contributed by atoms with van der Waals surface area (Å²) in [4.78, 5) is 43.5. The first-order chi connectivity index (χ1) is 17.9. The van der Waals surface area contributed by atoms with Crippen molar-refractivity contribution in [2.45, 2.75) is 20.3 Å². The molecule has 0 spiro atoms. The van der Waals surface area contributed by atoms with Crippen molar-refractivity contribution in [1.29, 1.82) is 0 Å². The van der Waals surface area contributed by atoms with Crippen LogP contribution in [0.15, 0.2) is 75.0 Å². The van der Waals surface area contributed by atoms with Crippen LogP contribution in [-0.4, -0.2) is 48.2 Å². The summed E-state index contributed by atoms with van der Waals surface area (Å²) in [6.45, 7) is 4.63. The van der Waals surface area contributed by atoms with Gasteiger partial charge in [-0.05, 0) is 67.6 Å². The summed E-state index contributed by atoms with van der Waals surface area (Å²) in [5.74, 6) is 0.136. The van der Waals surface area contributed by atoms with Crippen LogP contribution >= 0.6 is 11.8 Å². The Balaban J connectivity index is 1.53. The summed E-state index contributed by atoms with van der Waals surface area (Å²) in [5.41, 5.74) is 2.19. The standard InChI is InChI=1S/C28H26N2O6S/c1-4-15-35-27(33)19-11-9-18(10-12-19)23-14-13-22(36-23)17-24-25(31)30(5-2)28(37-24)29-21-8-6-7-20(16-21)26(32)34-3/h6-14,16-17H,4-5,15H2,1-3H3. The molecule has 1 fully saturated rings. The average Bonchev–Trinajstić information content (AvgIpc) is 3.51. The number of rotatable bonds is 8. The number of amidine groups is 1. The number of likely N-dealkylation sites (N-methyl/N-ethyl adjacent to an activating group) is 1. The molecule has 0 N–H and O–H groups in total. The maximum Gasteiger partial charge on any atom is 0.338 e. The third-order valence-corrected chi connectivity index (χ3v) is 6.45. The van der Waals surface area contributed by atoms with Crippen LogP contribution in [0.1, 0.15) is 46.7 Å². The molecule has 0 atom stereocenters. The molecule has 4 rings (SSSR count). The lowest BCUT2D eigenvalue weighted by atomic mass is 10.1. The Morgan fingerprint density at radius 2 is 1.81 bits per heavy atom. The van der Waals surface area contributed by atoms with E-state index in [0.717, 1.165) is 12.0 Å². The van der Waals surface area contributed by atoms with Gasteiger partial charge in [0.15, 0.2) is 5.17 Å². The van der Waals surface area contributed by atoms with Gasteiger partial charge in [-0.1, -0.05) is 25.1 Å². The van der Waals surface area contributed by atoms with E-state index in [1.807, 2.05) is 19.9 Å². The van der Waals surface area contributed by atoms with Crippen LogP contribution in [0.2, 0.25) is 0 Å². The predicted molar refractivity (Wildman–Crippen MR) is 143 cm³/mol. The molecular weight excluding hydrogens is 492 g/mol. The maximum atomic E-state index is 13.0. The Morgan fingerprint density at radius 3 is 2.51 bits per heavy atom. The molecule has 3 aromatic rings. The highest BCUT2D eigenvalue weighted by Gasteiger charge is 2.32. The number of benzene rings is 2. The number of esters is 2. The van der Waals surface area contributed by atoms with Crippen molar-refractivity contribution in [2.24, 2.45) is 4.99 Å². The molecule has 0 unspecified atom stereocenters. The van der Waals surface area contributed by atoms with Crippen molar-refractivity contribution < 1.29 is 28.3 Å². The molecule has 0 radical (unpaired) electrons. The van der Waals surface area contributed by atoms with Gasteiger partial charge in [-0.25, -0.2) is 14.6 Å². The van der Waals surface area contributed by atoms with Gasteiger partial charge in [0.05, 0.1) is 35.4 Å². The molecule has 1 aromatic heterocycles. The minimum absolute atomic E-state index is 0.178. The Bertz CT molecular complexity index is 1370. The smallest absolute Gasteiger partial charge is 0.338 e. The first kappa shape index (κ1) is 26.0. The zero-order valence-corrected chi connectivity index (χ0v) is 21.5. The second-order valence-electron chi connectivity index (χ2n) is 8.01. The van der Waals surface area contributed by atoms with Crippen molar-refractivity contribution in [2.75, 3.05) is 20.3 Å². The lowest BCUT2D eigenvalue weighted by molar-refractivity contribution is -0.122. The van der Waals surface area contributed by atoms with Gasteiger partial charge in [-0.3, -0.25) is 9.69 Å². The quantitative estimate of drug-likeness (QED) is 0.269. The molecule has 2 aromatic carbocycles.